The molecule has 96 valence electrons. The zero-order valence-corrected chi connectivity index (χ0v) is 10.9. The lowest BCUT2D eigenvalue weighted by Gasteiger charge is -2.12. The number of hydrogen-bond donors (Lipinski definition) is 0. The molecule has 0 radical (unpaired) electrons. The first kappa shape index (κ1) is 13.0. The van der Waals surface area contributed by atoms with Crippen molar-refractivity contribution in [2.75, 3.05) is 5.75 Å². The van der Waals surface area contributed by atoms with Gasteiger partial charge in [0.25, 0.3) is 0 Å². The minimum atomic E-state index is -3.37. The second-order valence-electron chi connectivity index (χ2n) is 4.64. The Morgan fingerprint density at radius 3 is 2.50 bits per heavy atom. The van der Waals surface area contributed by atoms with Gasteiger partial charge >= 0.3 is 0 Å². The van der Waals surface area contributed by atoms with Gasteiger partial charge in [0.2, 0.25) is 0 Å². The summed E-state index contributed by atoms with van der Waals surface area (Å²) in [7, 11) is -3.37. The standard InChI is InChI=1S/C14H16O3S/c1-11(13-8-5-9-14(13)15)10-18(16,17)12-6-3-2-4-7-12/h2-4,6-7,13H,1,5,8-10H2. The van der Waals surface area contributed by atoms with E-state index in [9.17, 15) is 13.2 Å². The highest BCUT2D eigenvalue weighted by Gasteiger charge is 2.29. The van der Waals surface area contributed by atoms with Gasteiger partial charge in [-0.3, -0.25) is 4.79 Å². The largest absolute Gasteiger partial charge is 0.299 e. The Hall–Kier alpha value is -1.42. The number of benzene rings is 1. The lowest BCUT2D eigenvalue weighted by Crippen LogP contribution is -2.17. The lowest BCUT2D eigenvalue weighted by molar-refractivity contribution is -0.119. The Bertz CT molecular complexity index is 558. The molecule has 1 aromatic rings. The number of rotatable bonds is 4. The van der Waals surface area contributed by atoms with Gasteiger partial charge in [-0.1, -0.05) is 30.4 Å². The highest BCUT2D eigenvalue weighted by molar-refractivity contribution is 7.91. The van der Waals surface area contributed by atoms with E-state index in [1.165, 1.54) is 0 Å². The van der Waals surface area contributed by atoms with Gasteiger partial charge in [-0.05, 0) is 25.0 Å². The quantitative estimate of drug-likeness (QED) is 0.785. The summed E-state index contributed by atoms with van der Waals surface area (Å²) in [6.07, 6.45) is 2.13. The van der Waals surface area contributed by atoms with Gasteiger partial charge in [-0.25, -0.2) is 8.42 Å². The van der Waals surface area contributed by atoms with Crippen LogP contribution in [0.4, 0.5) is 0 Å². The van der Waals surface area contributed by atoms with Crippen molar-refractivity contribution in [3.63, 3.8) is 0 Å². The van der Waals surface area contributed by atoms with E-state index in [4.69, 9.17) is 0 Å². The van der Waals surface area contributed by atoms with Crippen molar-refractivity contribution in [3.05, 3.63) is 42.5 Å². The van der Waals surface area contributed by atoms with Gasteiger partial charge in [-0.2, -0.15) is 0 Å². The third-order valence-corrected chi connectivity index (χ3v) is 5.02. The Labute approximate surface area is 107 Å². The molecule has 0 saturated heterocycles. The van der Waals surface area contributed by atoms with E-state index in [1.807, 2.05) is 0 Å². The van der Waals surface area contributed by atoms with E-state index >= 15 is 0 Å². The molecule has 0 N–H and O–H groups in total. The van der Waals surface area contributed by atoms with Gasteiger partial charge in [0.05, 0.1) is 10.6 Å². The summed E-state index contributed by atoms with van der Waals surface area (Å²) >= 11 is 0. The number of carbonyl (C=O) groups is 1. The fraction of sp³-hybridized carbons (Fsp3) is 0.357. The molecule has 0 heterocycles. The molecule has 0 amide bonds. The summed E-state index contributed by atoms with van der Waals surface area (Å²) in [4.78, 5) is 11.9. The number of carbonyl (C=O) groups excluding carboxylic acids is 1. The SMILES string of the molecule is C=C(CS(=O)(=O)c1ccccc1)C1CCCC1=O. The molecule has 2 rings (SSSR count). The molecular weight excluding hydrogens is 248 g/mol. The van der Waals surface area contributed by atoms with Crippen LogP contribution in [0.3, 0.4) is 0 Å². The molecular formula is C14H16O3S. The van der Waals surface area contributed by atoms with Crippen molar-refractivity contribution >= 4 is 15.6 Å². The predicted molar refractivity (Wildman–Crippen MR) is 70.0 cm³/mol. The Balaban J connectivity index is 2.14. The minimum absolute atomic E-state index is 0.128. The monoisotopic (exact) mass is 264 g/mol. The van der Waals surface area contributed by atoms with Crippen LogP contribution in [0.25, 0.3) is 0 Å². The first-order chi connectivity index (χ1) is 8.50. The molecule has 18 heavy (non-hydrogen) atoms. The zero-order chi connectivity index (χ0) is 13.2. The maximum atomic E-state index is 12.1. The van der Waals surface area contributed by atoms with E-state index in [0.717, 1.165) is 12.8 Å². The van der Waals surface area contributed by atoms with E-state index in [2.05, 4.69) is 6.58 Å². The predicted octanol–water partition coefficient (Wildman–Crippen LogP) is 2.39. The molecule has 1 saturated carbocycles. The number of hydrogen-bond acceptors (Lipinski definition) is 3. The summed E-state index contributed by atoms with van der Waals surface area (Å²) in [6, 6.07) is 8.29. The van der Waals surface area contributed by atoms with Crippen LogP contribution in [-0.4, -0.2) is 20.0 Å². The van der Waals surface area contributed by atoms with E-state index in [0.29, 0.717) is 12.0 Å². The first-order valence-corrected chi connectivity index (χ1v) is 7.64. The zero-order valence-electron chi connectivity index (χ0n) is 10.1. The van der Waals surface area contributed by atoms with Crippen molar-refractivity contribution < 1.29 is 13.2 Å². The molecule has 1 aliphatic rings. The van der Waals surface area contributed by atoms with E-state index in [-0.39, 0.29) is 22.3 Å². The summed E-state index contributed by atoms with van der Waals surface area (Å²) in [6.45, 7) is 3.80. The molecule has 0 spiro atoms. The van der Waals surface area contributed by atoms with Crippen molar-refractivity contribution in [1.29, 1.82) is 0 Å². The van der Waals surface area contributed by atoms with Crippen LogP contribution >= 0.6 is 0 Å². The van der Waals surface area contributed by atoms with E-state index in [1.54, 1.807) is 30.3 Å². The number of sulfone groups is 1. The van der Waals surface area contributed by atoms with Crippen LogP contribution in [0.2, 0.25) is 0 Å². The molecule has 0 aromatic heterocycles. The summed E-state index contributed by atoms with van der Waals surface area (Å²) in [5.74, 6) is -0.264. The molecule has 1 aromatic carbocycles. The Morgan fingerprint density at radius 1 is 1.28 bits per heavy atom. The molecule has 1 atom stereocenters. The fourth-order valence-electron chi connectivity index (χ4n) is 2.30. The van der Waals surface area contributed by atoms with Gasteiger partial charge in [0, 0.05) is 12.3 Å². The maximum Gasteiger partial charge on any atom is 0.182 e. The van der Waals surface area contributed by atoms with Gasteiger partial charge in [0.15, 0.2) is 9.84 Å². The second kappa shape index (κ2) is 5.06. The number of Topliss-reactive ketones (excluding diaryl/α,β-unsaturated/α-hetero) is 1. The van der Waals surface area contributed by atoms with Crippen LogP contribution in [0.1, 0.15) is 19.3 Å². The van der Waals surface area contributed by atoms with Gasteiger partial charge in [-0.15, -0.1) is 0 Å². The molecule has 1 aliphatic carbocycles. The molecule has 4 heteroatoms. The topological polar surface area (TPSA) is 51.2 Å². The highest BCUT2D eigenvalue weighted by atomic mass is 32.2. The molecule has 0 bridgehead atoms. The lowest BCUT2D eigenvalue weighted by atomic mass is 10.00. The van der Waals surface area contributed by atoms with E-state index < -0.39 is 9.84 Å². The average Bonchev–Trinajstić information content (AvgIpc) is 2.76. The molecule has 1 unspecified atom stereocenters. The third kappa shape index (κ3) is 2.70. The highest BCUT2D eigenvalue weighted by Crippen LogP contribution is 2.29. The Morgan fingerprint density at radius 2 is 1.94 bits per heavy atom. The van der Waals surface area contributed by atoms with Crippen LogP contribution < -0.4 is 0 Å². The normalized spacial score (nSPS) is 20.0. The maximum absolute atomic E-state index is 12.1. The smallest absolute Gasteiger partial charge is 0.182 e. The van der Waals surface area contributed by atoms with Crippen LogP contribution in [-0.2, 0) is 14.6 Å². The van der Waals surface area contributed by atoms with Crippen molar-refractivity contribution in [1.82, 2.24) is 0 Å². The fourth-order valence-corrected chi connectivity index (χ4v) is 3.73. The summed E-state index contributed by atoms with van der Waals surface area (Å²) in [5, 5.41) is 0. The summed E-state index contributed by atoms with van der Waals surface area (Å²) in [5.41, 5.74) is 0.529. The first-order valence-electron chi connectivity index (χ1n) is 5.99. The average molecular weight is 264 g/mol. The van der Waals surface area contributed by atoms with Crippen LogP contribution in [0, 0.1) is 5.92 Å². The second-order valence-corrected chi connectivity index (χ2v) is 6.63. The van der Waals surface area contributed by atoms with Crippen molar-refractivity contribution in [3.8, 4) is 0 Å². The van der Waals surface area contributed by atoms with Crippen molar-refractivity contribution in [2.45, 2.75) is 24.2 Å². The van der Waals surface area contributed by atoms with Gasteiger partial charge in [0.1, 0.15) is 5.78 Å². The van der Waals surface area contributed by atoms with Gasteiger partial charge < -0.3 is 0 Å². The molecule has 3 nitrogen and oxygen atoms in total. The molecule has 1 fully saturated rings. The minimum Gasteiger partial charge on any atom is -0.299 e. The number of ketones is 1. The molecule has 0 aliphatic heterocycles. The third-order valence-electron chi connectivity index (χ3n) is 3.28. The summed E-state index contributed by atoms with van der Waals surface area (Å²) < 4.78 is 24.3. The van der Waals surface area contributed by atoms with Crippen molar-refractivity contribution in [2.24, 2.45) is 5.92 Å². The van der Waals surface area contributed by atoms with Crippen LogP contribution in [0.5, 0.6) is 0 Å². The Kier molecular flexibility index (Phi) is 3.66. The van der Waals surface area contributed by atoms with Crippen LogP contribution in [0.15, 0.2) is 47.4 Å².